The lowest BCUT2D eigenvalue weighted by Gasteiger charge is -2.24. The van der Waals surface area contributed by atoms with Gasteiger partial charge < -0.3 is 19.1 Å². The van der Waals surface area contributed by atoms with Crippen molar-refractivity contribution in [2.75, 3.05) is 6.54 Å². The molecule has 0 spiro atoms. The Morgan fingerprint density at radius 3 is 2.85 bits per heavy atom. The summed E-state index contributed by atoms with van der Waals surface area (Å²) < 4.78 is 11.0. The molecule has 1 N–H and O–H groups in total. The second-order valence-corrected chi connectivity index (χ2v) is 6.55. The first-order valence-corrected chi connectivity index (χ1v) is 8.77. The summed E-state index contributed by atoms with van der Waals surface area (Å²) in [6.45, 7) is 2.43. The van der Waals surface area contributed by atoms with Crippen LogP contribution in [0.15, 0.2) is 57.6 Å². The highest BCUT2D eigenvalue weighted by molar-refractivity contribution is 5.96. The number of amides is 2. The normalized spacial score (nSPS) is 18.2. The lowest BCUT2D eigenvalue weighted by Crippen LogP contribution is -2.46. The maximum atomic E-state index is 12.8. The summed E-state index contributed by atoms with van der Waals surface area (Å²) in [5.74, 6) is 0.538. The number of benzene rings is 1. The number of rotatable bonds is 4. The molecular formula is C20H20N2O4. The van der Waals surface area contributed by atoms with Crippen LogP contribution in [0.3, 0.4) is 0 Å². The molecule has 6 nitrogen and oxygen atoms in total. The zero-order valence-corrected chi connectivity index (χ0v) is 14.5. The van der Waals surface area contributed by atoms with Gasteiger partial charge in [0.1, 0.15) is 17.4 Å². The van der Waals surface area contributed by atoms with E-state index in [1.165, 1.54) is 6.26 Å². The Bertz CT molecular complexity index is 895. The Kier molecular flexibility index (Phi) is 4.24. The fraction of sp³-hybridized carbons (Fsp3) is 0.300. The molecule has 1 aromatic carbocycles. The second-order valence-electron chi connectivity index (χ2n) is 6.55. The lowest BCUT2D eigenvalue weighted by atomic mass is 10.1. The Hall–Kier alpha value is -3.02. The molecule has 26 heavy (non-hydrogen) atoms. The number of carbonyl (C=O) groups excluding carboxylic acids is 2. The number of nitrogens with one attached hydrogen (secondary N) is 1. The number of likely N-dealkylation sites (tertiary alicyclic amines) is 1. The summed E-state index contributed by atoms with van der Waals surface area (Å²) in [5.41, 5.74) is 0.791. The lowest BCUT2D eigenvalue weighted by molar-refractivity contribution is -0.125. The fourth-order valence-corrected chi connectivity index (χ4v) is 3.42. The maximum Gasteiger partial charge on any atom is 0.290 e. The molecule has 1 saturated heterocycles. The standard InChI is InChI=1S/C20H20N2O4/c1-13(18-12-14-6-2-3-8-16(14)26-18)21-19(23)15-7-4-10-22(15)20(24)17-9-5-11-25-17/h2-3,5-6,8-9,11-13,15H,4,7,10H2,1H3,(H,21,23)/t13-,15-/m1/s1. The monoisotopic (exact) mass is 352 g/mol. The van der Waals surface area contributed by atoms with Gasteiger partial charge in [0.15, 0.2) is 5.76 Å². The average molecular weight is 352 g/mol. The van der Waals surface area contributed by atoms with Gasteiger partial charge in [0.05, 0.1) is 12.3 Å². The van der Waals surface area contributed by atoms with Gasteiger partial charge >= 0.3 is 0 Å². The predicted octanol–water partition coefficient (Wildman–Crippen LogP) is 3.51. The van der Waals surface area contributed by atoms with E-state index in [0.717, 1.165) is 17.4 Å². The van der Waals surface area contributed by atoms with Crippen LogP contribution >= 0.6 is 0 Å². The van der Waals surface area contributed by atoms with Gasteiger partial charge in [0.25, 0.3) is 5.91 Å². The number of carbonyl (C=O) groups is 2. The molecule has 2 amide bonds. The van der Waals surface area contributed by atoms with Crippen molar-refractivity contribution in [3.05, 3.63) is 60.2 Å². The first kappa shape index (κ1) is 16.4. The van der Waals surface area contributed by atoms with E-state index in [-0.39, 0.29) is 23.6 Å². The Labute approximate surface area is 150 Å². The van der Waals surface area contributed by atoms with Crippen LogP contribution in [0, 0.1) is 0 Å². The van der Waals surface area contributed by atoms with Gasteiger partial charge in [-0.2, -0.15) is 0 Å². The molecule has 1 aliphatic rings. The number of fused-ring (bicyclic) bond motifs is 1. The van der Waals surface area contributed by atoms with Gasteiger partial charge in [-0.1, -0.05) is 18.2 Å². The molecule has 1 fully saturated rings. The molecule has 2 aromatic heterocycles. The molecule has 4 rings (SSSR count). The highest BCUT2D eigenvalue weighted by atomic mass is 16.3. The number of hydrogen-bond donors (Lipinski definition) is 1. The largest absolute Gasteiger partial charge is 0.459 e. The highest BCUT2D eigenvalue weighted by Gasteiger charge is 2.36. The fourth-order valence-electron chi connectivity index (χ4n) is 3.42. The third-order valence-electron chi connectivity index (χ3n) is 4.78. The SMILES string of the molecule is C[C@@H](NC(=O)[C@H]1CCCN1C(=O)c1ccco1)c1cc2ccccc2o1. The topological polar surface area (TPSA) is 75.7 Å². The minimum Gasteiger partial charge on any atom is -0.459 e. The maximum absolute atomic E-state index is 12.8. The first-order chi connectivity index (χ1) is 12.6. The van der Waals surface area contributed by atoms with Crippen molar-refractivity contribution in [2.45, 2.75) is 31.8 Å². The van der Waals surface area contributed by atoms with Crippen LogP contribution in [0.25, 0.3) is 11.0 Å². The van der Waals surface area contributed by atoms with E-state index < -0.39 is 6.04 Å². The van der Waals surface area contributed by atoms with Crippen molar-refractivity contribution >= 4 is 22.8 Å². The van der Waals surface area contributed by atoms with Gasteiger partial charge in [0, 0.05) is 11.9 Å². The Balaban J connectivity index is 1.47. The van der Waals surface area contributed by atoms with Gasteiger partial charge in [-0.05, 0) is 44.0 Å². The van der Waals surface area contributed by atoms with E-state index in [0.29, 0.717) is 18.7 Å². The Morgan fingerprint density at radius 2 is 2.08 bits per heavy atom. The van der Waals surface area contributed by atoms with Crippen LogP contribution in [-0.2, 0) is 4.79 Å². The molecule has 1 aliphatic heterocycles. The van der Waals surface area contributed by atoms with Crippen LogP contribution in [0.1, 0.15) is 42.1 Å². The Morgan fingerprint density at radius 1 is 1.23 bits per heavy atom. The van der Waals surface area contributed by atoms with E-state index in [1.807, 2.05) is 37.3 Å². The predicted molar refractivity (Wildman–Crippen MR) is 95.5 cm³/mol. The van der Waals surface area contributed by atoms with Gasteiger partial charge in [0.2, 0.25) is 5.91 Å². The zero-order valence-electron chi connectivity index (χ0n) is 14.5. The van der Waals surface area contributed by atoms with E-state index in [2.05, 4.69) is 5.32 Å². The summed E-state index contributed by atoms with van der Waals surface area (Å²) >= 11 is 0. The van der Waals surface area contributed by atoms with Crippen molar-refractivity contribution in [2.24, 2.45) is 0 Å². The van der Waals surface area contributed by atoms with Crippen LogP contribution in [0.4, 0.5) is 0 Å². The minimum atomic E-state index is -0.487. The quantitative estimate of drug-likeness (QED) is 0.780. The molecule has 0 bridgehead atoms. The van der Waals surface area contributed by atoms with Crippen molar-refractivity contribution in [3.63, 3.8) is 0 Å². The zero-order chi connectivity index (χ0) is 18.1. The van der Waals surface area contributed by atoms with E-state index in [4.69, 9.17) is 8.83 Å². The van der Waals surface area contributed by atoms with Crippen LogP contribution in [0.2, 0.25) is 0 Å². The summed E-state index contributed by atoms with van der Waals surface area (Å²) in [4.78, 5) is 26.9. The number of nitrogens with zero attached hydrogens (tertiary/aromatic N) is 1. The van der Waals surface area contributed by atoms with Crippen molar-refractivity contribution in [3.8, 4) is 0 Å². The van der Waals surface area contributed by atoms with E-state index in [1.54, 1.807) is 17.0 Å². The molecule has 2 atom stereocenters. The molecule has 6 heteroatoms. The molecule has 3 heterocycles. The minimum absolute atomic E-state index is 0.171. The van der Waals surface area contributed by atoms with Gasteiger partial charge in [-0.25, -0.2) is 0 Å². The molecule has 0 saturated carbocycles. The molecule has 134 valence electrons. The average Bonchev–Trinajstić information content (AvgIpc) is 3.40. The van der Waals surface area contributed by atoms with Gasteiger partial charge in [-0.3, -0.25) is 9.59 Å². The smallest absolute Gasteiger partial charge is 0.290 e. The van der Waals surface area contributed by atoms with Crippen LogP contribution in [0.5, 0.6) is 0 Å². The molecule has 3 aromatic rings. The molecular weight excluding hydrogens is 332 g/mol. The number of hydrogen-bond acceptors (Lipinski definition) is 4. The summed E-state index contributed by atoms with van der Waals surface area (Å²) in [5, 5.41) is 3.97. The second kappa shape index (κ2) is 6.71. The molecule has 0 radical (unpaired) electrons. The third-order valence-corrected chi connectivity index (χ3v) is 4.78. The van der Waals surface area contributed by atoms with Crippen molar-refractivity contribution in [1.29, 1.82) is 0 Å². The number of furan rings is 2. The first-order valence-electron chi connectivity index (χ1n) is 8.77. The van der Waals surface area contributed by atoms with E-state index in [9.17, 15) is 9.59 Å². The molecule has 0 aliphatic carbocycles. The highest BCUT2D eigenvalue weighted by Crippen LogP contribution is 2.25. The third kappa shape index (κ3) is 2.98. The van der Waals surface area contributed by atoms with Crippen molar-refractivity contribution in [1.82, 2.24) is 10.2 Å². The summed E-state index contributed by atoms with van der Waals surface area (Å²) in [7, 11) is 0. The summed E-state index contributed by atoms with van der Waals surface area (Å²) in [6, 6.07) is 12.2. The number of para-hydroxylation sites is 1. The van der Waals surface area contributed by atoms with Gasteiger partial charge in [-0.15, -0.1) is 0 Å². The summed E-state index contributed by atoms with van der Waals surface area (Å²) in [6.07, 6.45) is 2.90. The van der Waals surface area contributed by atoms with Crippen LogP contribution in [-0.4, -0.2) is 29.3 Å². The molecule has 0 unspecified atom stereocenters. The van der Waals surface area contributed by atoms with E-state index >= 15 is 0 Å². The van der Waals surface area contributed by atoms with Crippen molar-refractivity contribution < 1.29 is 18.4 Å². The van der Waals surface area contributed by atoms with Crippen LogP contribution < -0.4 is 5.32 Å².